The fourth-order valence-electron chi connectivity index (χ4n) is 4.44. The van der Waals surface area contributed by atoms with Crippen molar-refractivity contribution in [2.45, 2.75) is 49.2 Å². The summed E-state index contributed by atoms with van der Waals surface area (Å²) in [5.74, 6) is 1.48. The van der Waals surface area contributed by atoms with Crippen molar-refractivity contribution in [1.29, 1.82) is 0 Å². The average molecular weight is 476 g/mol. The number of nitro groups is 1. The fraction of sp³-hybridized carbons (Fsp3) is 0.478. The topological polar surface area (TPSA) is 102 Å². The maximum absolute atomic E-state index is 13.3. The molecule has 33 heavy (non-hydrogen) atoms. The van der Waals surface area contributed by atoms with Gasteiger partial charge in [0.2, 0.25) is 10.0 Å². The van der Waals surface area contributed by atoms with Crippen molar-refractivity contribution in [2.24, 2.45) is 0 Å². The Morgan fingerprint density at radius 3 is 2.39 bits per heavy atom. The number of non-ortho nitro benzene ring substituents is 1. The third kappa shape index (κ3) is 5.13. The van der Waals surface area contributed by atoms with Crippen molar-refractivity contribution in [2.75, 3.05) is 27.3 Å². The van der Waals surface area contributed by atoms with Crippen LogP contribution in [-0.2, 0) is 16.6 Å². The van der Waals surface area contributed by atoms with Gasteiger partial charge in [-0.25, -0.2) is 8.42 Å². The van der Waals surface area contributed by atoms with E-state index in [4.69, 9.17) is 9.47 Å². The molecular formula is C23H29N3O6S. The van der Waals surface area contributed by atoms with Crippen LogP contribution in [0.3, 0.4) is 0 Å². The minimum atomic E-state index is -3.73. The Morgan fingerprint density at radius 2 is 1.79 bits per heavy atom. The minimum Gasteiger partial charge on any atom is -0.497 e. The molecule has 2 aromatic carbocycles. The highest BCUT2D eigenvalue weighted by atomic mass is 32.2. The van der Waals surface area contributed by atoms with Crippen molar-refractivity contribution in [3.63, 3.8) is 0 Å². The molecule has 2 aliphatic rings. The SMILES string of the molecule is COc1ccc(CN(C2CC2)[C@@H]2CCCN(S(=O)(=O)c3ccc([N+](=O)[O-])cc3)C2)c(OC)c1. The number of ether oxygens (including phenoxy) is 2. The summed E-state index contributed by atoms with van der Waals surface area (Å²) >= 11 is 0. The Balaban J connectivity index is 1.53. The van der Waals surface area contributed by atoms with Gasteiger partial charge in [0, 0.05) is 55.5 Å². The molecule has 10 heteroatoms. The molecule has 1 aliphatic heterocycles. The van der Waals surface area contributed by atoms with E-state index in [2.05, 4.69) is 4.90 Å². The number of hydrogen-bond acceptors (Lipinski definition) is 7. The molecule has 1 heterocycles. The standard InChI is InChI=1S/C23H29N3O6S/c1-31-21-10-5-17(23(14-21)32-2)15-25(18-6-7-18)20-4-3-13-24(16-20)33(29,30)22-11-8-19(9-12-22)26(27)28/h5,8-12,14,18,20H,3-4,6-7,13,15-16H2,1-2H3/t20-/m1/s1. The molecule has 0 spiro atoms. The van der Waals surface area contributed by atoms with Crippen molar-refractivity contribution in [1.82, 2.24) is 9.21 Å². The first kappa shape index (κ1) is 23.5. The molecule has 1 atom stereocenters. The largest absolute Gasteiger partial charge is 0.497 e. The van der Waals surface area contributed by atoms with Crippen LogP contribution >= 0.6 is 0 Å². The van der Waals surface area contributed by atoms with E-state index in [0.29, 0.717) is 25.7 Å². The summed E-state index contributed by atoms with van der Waals surface area (Å²) in [6.45, 7) is 1.52. The molecule has 0 bridgehead atoms. The fourth-order valence-corrected chi connectivity index (χ4v) is 5.96. The lowest BCUT2D eigenvalue weighted by Gasteiger charge is -2.39. The Hall–Kier alpha value is -2.69. The molecule has 0 radical (unpaired) electrons. The molecule has 0 amide bonds. The van der Waals surface area contributed by atoms with Crippen LogP contribution in [0.4, 0.5) is 5.69 Å². The number of sulfonamides is 1. The van der Waals surface area contributed by atoms with Crippen LogP contribution in [0.2, 0.25) is 0 Å². The van der Waals surface area contributed by atoms with E-state index in [0.717, 1.165) is 42.7 Å². The highest BCUT2D eigenvalue weighted by Crippen LogP contribution is 2.36. The van der Waals surface area contributed by atoms with E-state index in [9.17, 15) is 18.5 Å². The Labute approximate surface area is 194 Å². The highest BCUT2D eigenvalue weighted by molar-refractivity contribution is 7.89. The molecular weight excluding hydrogens is 446 g/mol. The van der Waals surface area contributed by atoms with Crippen molar-refractivity contribution in [3.8, 4) is 11.5 Å². The van der Waals surface area contributed by atoms with E-state index in [-0.39, 0.29) is 16.6 Å². The van der Waals surface area contributed by atoms with Gasteiger partial charge in [0.25, 0.3) is 5.69 Å². The predicted molar refractivity (Wildman–Crippen MR) is 123 cm³/mol. The highest BCUT2D eigenvalue weighted by Gasteiger charge is 2.39. The van der Waals surface area contributed by atoms with Crippen LogP contribution in [0.1, 0.15) is 31.2 Å². The second-order valence-corrected chi connectivity index (χ2v) is 10.4. The molecule has 2 aromatic rings. The summed E-state index contributed by atoms with van der Waals surface area (Å²) in [6, 6.07) is 11.4. The number of benzene rings is 2. The summed E-state index contributed by atoms with van der Waals surface area (Å²) in [7, 11) is -0.472. The molecule has 1 saturated heterocycles. The first-order valence-electron chi connectivity index (χ1n) is 11.0. The zero-order valence-electron chi connectivity index (χ0n) is 18.8. The zero-order valence-corrected chi connectivity index (χ0v) is 19.7. The predicted octanol–water partition coefficient (Wildman–Crippen LogP) is 3.43. The number of piperidine rings is 1. The third-order valence-electron chi connectivity index (χ3n) is 6.38. The van der Waals surface area contributed by atoms with Gasteiger partial charge < -0.3 is 9.47 Å². The second-order valence-electron chi connectivity index (χ2n) is 8.49. The van der Waals surface area contributed by atoms with Gasteiger partial charge in [0.1, 0.15) is 11.5 Å². The molecule has 1 aliphatic carbocycles. The van der Waals surface area contributed by atoms with Gasteiger partial charge in [-0.2, -0.15) is 4.31 Å². The zero-order chi connectivity index (χ0) is 23.6. The first-order valence-corrected chi connectivity index (χ1v) is 12.5. The Kier molecular flexibility index (Phi) is 6.87. The van der Waals surface area contributed by atoms with Gasteiger partial charge in [-0.15, -0.1) is 0 Å². The van der Waals surface area contributed by atoms with Gasteiger partial charge in [-0.3, -0.25) is 15.0 Å². The molecule has 178 valence electrons. The molecule has 1 saturated carbocycles. The van der Waals surface area contributed by atoms with Gasteiger partial charge in [-0.1, -0.05) is 6.07 Å². The number of nitrogens with zero attached hydrogens (tertiary/aromatic N) is 3. The van der Waals surface area contributed by atoms with Crippen LogP contribution in [-0.4, -0.2) is 61.9 Å². The van der Waals surface area contributed by atoms with Crippen molar-refractivity contribution < 1.29 is 22.8 Å². The number of rotatable bonds is 9. The molecule has 9 nitrogen and oxygen atoms in total. The van der Waals surface area contributed by atoms with E-state index >= 15 is 0 Å². The monoisotopic (exact) mass is 475 g/mol. The summed E-state index contributed by atoms with van der Waals surface area (Å²) in [6.07, 6.45) is 3.88. The molecule has 0 N–H and O–H groups in total. The lowest BCUT2D eigenvalue weighted by molar-refractivity contribution is -0.384. The Bertz CT molecular complexity index is 1100. The number of nitro benzene ring substituents is 1. The van der Waals surface area contributed by atoms with Crippen molar-refractivity contribution >= 4 is 15.7 Å². The molecule has 2 fully saturated rings. The minimum absolute atomic E-state index is 0.0866. The third-order valence-corrected chi connectivity index (χ3v) is 8.26. The van der Waals surface area contributed by atoms with E-state index in [1.807, 2.05) is 18.2 Å². The maximum atomic E-state index is 13.3. The molecule has 0 unspecified atom stereocenters. The maximum Gasteiger partial charge on any atom is 0.269 e. The second kappa shape index (κ2) is 9.66. The summed E-state index contributed by atoms with van der Waals surface area (Å²) in [5.41, 5.74) is 0.916. The van der Waals surface area contributed by atoms with Gasteiger partial charge in [-0.05, 0) is 43.9 Å². The Morgan fingerprint density at radius 1 is 1.06 bits per heavy atom. The van der Waals surface area contributed by atoms with Gasteiger partial charge >= 0.3 is 0 Å². The first-order chi connectivity index (χ1) is 15.8. The van der Waals surface area contributed by atoms with Crippen molar-refractivity contribution in [3.05, 3.63) is 58.1 Å². The smallest absolute Gasteiger partial charge is 0.269 e. The summed E-state index contributed by atoms with van der Waals surface area (Å²) in [5, 5.41) is 10.9. The van der Waals surface area contributed by atoms with Crippen LogP contribution in [0.5, 0.6) is 11.5 Å². The van der Waals surface area contributed by atoms with Crippen LogP contribution in [0, 0.1) is 10.1 Å². The molecule has 4 rings (SSSR count). The lowest BCUT2D eigenvalue weighted by Crippen LogP contribution is -2.50. The van der Waals surface area contributed by atoms with E-state index in [1.54, 1.807) is 14.2 Å². The quantitative estimate of drug-likeness (QED) is 0.404. The summed E-state index contributed by atoms with van der Waals surface area (Å²) < 4.78 is 38.9. The van der Waals surface area contributed by atoms with Crippen LogP contribution in [0.15, 0.2) is 47.4 Å². The van der Waals surface area contributed by atoms with Crippen LogP contribution in [0.25, 0.3) is 0 Å². The normalized spacial score (nSPS) is 19.4. The number of methoxy groups -OCH3 is 2. The lowest BCUT2D eigenvalue weighted by atomic mass is 10.0. The van der Waals surface area contributed by atoms with Gasteiger partial charge in [0.05, 0.1) is 24.0 Å². The summed E-state index contributed by atoms with van der Waals surface area (Å²) in [4.78, 5) is 12.9. The average Bonchev–Trinajstić information content (AvgIpc) is 3.68. The van der Waals surface area contributed by atoms with E-state index < -0.39 is 14.9 Å². The van der Waals surface area contributed by atoms with E-state index in [1.165, 1.54) is 28.6 Å². The van der Waals surface area contributed by atoms with Gasteiger partial charge in [0.15, 0.2) is 0 Å². The van der Waals surface area contributed by atoms with Crippen LogP contribution < -0.4 is 9.47 Å². The molecule has 0 aromatic heterocycles. The number of hydrogen-bond donors (Lipinski definition) is 0.